The van der Waals surface area contributed by atoms with Gasteiger partial charge in [0.1, 0.15) is 5.75 Å². The number of methoxy groups -OCH3 is 3. The molecular formula is C24H27NO9. The number of morpholine rings is 1. The number of ketones is 2. The van der Waals surface area contributed by atoms with Crippen LogP contribution in [0.4, 0.5) is 0 Å². The summed E-state index contributed by atoms with van der Waals surface area (Å²) in [5, 5.41) is 0. The van der Waals surface area contributed by atoms with Crippen molar-refractivity contribution in [3.8, 4) is 5.75 Å². The maximum absolute atomic E-state index is 13.2. The summed E-state index contributed by atoms with van der Waals surface area (Å²) < 4.78 is 25.7. The van der Waals surface area contributed by atoms with E-state index in [1.165, 1.54) is 21.3 Å². The average Bonchev–Trinajstić information content (AvgIpc) is 2.87. The van der Waals surface area contributed by atoms with Crippen LogP contribution in [0.15, 0.2) is 40.9 Å². The first-order valence-electron chi connectivity index (χ1n) is 10.6. The van der Waals surface area contributed by atoms with E-state index in [-0.39, 0.29) is 52.9 Å². The van der Waals surface area contributed by atoms with Crippen molar-refractivity contribution >= 4 is 23.4 Å². The Labute approximate surface area is 197 Å². The number of ether oxygens (including phenoxy) is 5. The van der Waals surface area contributed by atoms with Crippen LogP contribution in [0.5, 0.6) is 5.75 Å². The number of nitrogens with zero attached hydrogens (tertiary/aromatic N) is 1. The Hall–Kier alpha value is -3.66. The number of hydrogen-bond donors (Lipinski definition) is 0. The third-order valence-corrected chi connectivity index (χ3v) is 5.62. The minimum atomic E-state index is -0.589. The fourth-order valence-corrected chi connectivity index (χ4v) is 3.72. The summed E-state index contributed by atoms with van der Waals surface area (Å²) in [4.78, 5) is 52.1. The number of Topliss-reactive ketones (excluding diaryl/α,β-unsaturated/α-hetero) is 2. The standard InChI is InChI=1S/C24H27NO9/c1-14-16(21(28)23(32-4)22(31-3)20(14)27)11-15-5-6-18(34-13-19(26)30-2)17(12-15)24(29)25-7-9-33-10-8-25/h5-6,12H,7-11,13H2,1-4H3. The zero-order valence-electron chi connectivity index (χ0n) is 19.6. The van der Waals surface area contributed by atoms with Gasteiger partial charge in [-0.05, 0) is 24.6 Å². The Morgan fingerprint density at radius 3 is 2.26 bits per heavy atom. The summed E-state index contributed by atoms with van der Waals surface area (Å²) in [6.45, 7) is 2.85. The SMILES string of the molecule is COC(=O)COc1ccc(CC2=C(C)C(=O)C(OC)=C(OC)C2=O)cc1C(=O)N1CCOCC1. The molecule has 182 valence electrons. The second-order valence-corrected chi connectivity index (χ2v) is 7.60. The van der Waals surface area contributed by atoms with E-state index < -0.39 is 17.5 Å². The van der Waals surface area contributed by atoms with Crippen molar-refractivity contribution in [2.75, 3.05) is 54.2 Å². The highest BCUT2D eigenvalue weighted by Gasteiger charge is 2.35. The molecule has 0 aromatic heterocycles. The molecule has 1 heterocycles. The van der Waals surface area contributed by atoms with Crippen LogP contribution in [0.2, 0.25) is 0 Å². The Morgan fingerprint density at radius 1 is 1.00 bits per heavy atom. The second kappa shape index (κ2) is 11.0. The Morgan fingerprint density at radius 2 is 1.65 bits per heavy atom. The smallest absolute Gasteiger partial charge is 0.343 e. The van der Waals surface area contributed by atoms with Crippen LogP contribution in [-0.2, 0) is 39.8 Å². The number of benzene rings is 1. The van der Waals surface area contributed by atoms with Gasteiger partial charge in [-0.1, -0.05) is 6.07 Å². The van der Waals surface area contributed by atoms with E-state index in [1.54, 1.807) is 30.0 Å². The minimum absolute atomic E-state index is 0.0843. The van der Waals surface area contributed by atoms with Gasteiger partial charge in [0.2, 0.25) is 23.1 Å². The molecule has 0 N–H and O–H groups in total. The maximum atomic E-state index is 13.2. The summed E-state index contributed by atoms with van der Waals surface area (Å²) in [5.41, 5.74) is 1.33. The highest BCUT2D eigenvalue weighted by Crippen LogP contribution is 2.30. The van der Waals surface area contributed by atoms with Gasteiger partial charge in [-0.2, -0.15) is 0 Å². The number of rotatable bonds is 8. The summed E-state index contributed by atoms with van der Waals surface area (Å²) in [6.07, 6.45) is 0.0843. The lowest BCUT2D eigenvalue weighted by atomic mass is 9.88. The predicted octanol–water partition coefficient (Wildman–Crippen LogP) is 1.23. The quantitative estimate of drug-likeness (QED) is 0.406. The molecule has 1 fully saturated rings. The second-order valence-electron chi connectivity index (χ2n) is 7.60. The average molecular weight is 473 g/mol. The molecule has 1 aromatic carbocycles. The lowest BCUT2D eigenvalue weighted by Crippen LogP contribution is -2.40. The number of esters is 1. The molecule has 10 heteroatoms. The van der Waals surface area contributed by atoms with Crippen molar-refractivity contribution in [3.05, 3.63) is 52.0 Å². The molecule has 0 bridgehead atoms. The van der Waals surface area contributed by atoms with Crippen molar-refractivity contribution in [3.63, 3.8) is 0 Å². The highest BCUT2D eigenvalue weighted by atomic mass is 16.6. The van der Waals surface area contributed by atoms with Crippen molar-refractivity contribution in [2.24, 2.45) is 0 Å². The van der Waals surface area contributed by atoms with Gasteiger partial charge in [-0.15, -0.1) is 0 Å². The van der Waals surface area contributed by atoms with Crippen LogP contribution in [0.3, 0.4) is 0 Å². The summed E-state index contributed by atoms with van der Waals surface area (Å²) >= 11 is 0. The van der Waals surface area contributed by atoms with E-state index in [9.17, 15) is 19.2 Å². The number of amides is 1. The molecule has 34 heavy (non-hydrogen) atoms. The van der Waals surface area contributed by atoms with Gasteiger partial charge in [0.15, 0.2) is 6.61 Å². The first-order chi connectivity index (χ1) is 16.3. The summed E-state index contributed by atoms with van der Waals surface area (Å²) in [7, 11) is 3.84. The molecule has 0 unspecified atom stereocenters. The fourth-order valence-electron chi connectivity index (χ4n) is 3.72. The summed E-state index contributed by atoms with van der Waals surface area (Å²) in [6, 6.07) is 4.83. The predicted molar refractivity (Wildman–Crippen MR) is 118 cm³/mol. The van der Waals surface area contributed by atoms with Crippen molar-refractivity contribution < 1.29 is 42.9 Å². The van der Waals surface area contributed by atoms with E-state index in [1.807, 2.05) is 0 Å². The first kappa shape index (κ1) is 25.0. The van der Waals surface area contributed by atoms with Gasteiger partial charge in [-0.3, -0.25) is 14.4 Å². The Bertz CT molecular complexity index is 1060. The first-order valence-corrected chi connectivity index (χ1v) is 10.6. The molecule has 1 aliphatic heterocycles. The molecule has 2 aliphatic rings. The molecule has 0 saturated carbocycles. The molecule has 1 saturated heterocycles. The highest BCUT2D eigenvalue weighted by molar-refractivity contribution is 6.23. The largest absolute Gasteiger partial charge is 0.489 e. The van der Waals surface area contributed by atoms with E-state index >= 15 is 0 Å². The zero-order chi connectivity index (χ0) is 24.8. The molecule has 3 rings (SSSR count). The third kappa shape index (κ3) is 5.12. The summed E-state index contributed by atoms with van der Waals surface area (Å²) in [5.74, 6) is -1.85. The van der Waals surface area contributed by atoms with Crippen molar-refractivity contribution in [2.45, 2.75) is 13.3 Å². The van der Waals surface area contributed by atoms with Crippen molar-refractivity contribution in [1.29, 1.82) is 0 Å². The lowest BCUT2D eigenvalue weighted by molar-refractivity contribution is -0.142. The lowest BCUT2D eigenvalue weighted by Gasteiger charge is -2.27. The van der Waals surface area contributed by atoms with Gasteiger partial charge in [-0.25, -0.2) is 4.79 Å². The number of carbonyl (C=O) groups is 4. The Balaban J connectivity index is 1.95. The molecule has 1 aromatic rings. The topological polar surface area (TPSA) is 118 Å². The van der Waals surface area contributed by atoms with Gasteiger partial charge in [0.05, 0.1) is 40.1 Å². The molecule has 1 aliphatic carbocycles. The van der Waals surface area contributed by atoms with Crippen molar-refractivity contribution in [1.82, 2.24) is 4.90 Å². The number of carbonyl (C=O) groups excluding carboxylic acids is 4. The minimum Gasteiger partial charge on any atom is -0.489 e. The third-order valence-electron chi connectivity index (χ3n) is 5.62. The van der Waals surface area contributed by atoms with Crippen LogP contribution < -0.4 is 4.74 Å². The van der Waals surface area contributed by atoms with E-state index in [4.69, 9.17) is 18.9 Å². The van der Waals surface area contributed by atoms with E-state index in [2.05, 4.69) is 4.74 Å². The van der Waals surface area contributed by atoms with Crippen LogP contribution in [0.1, 0.15) is 22.8 Å². The van der Waals surface area contributed by atoms with E-state index in [0.717, 1.165) is 0 Å². The number of allylic oxidation sites excluding steroid dienone is 2. The van der Waals surface area contributed by atoms with Gasteiger partial charge >= 0.3 is 5.97 Å². The van der Waals surface area contributed by atoms with Crippen LogP contribution >= 0.6 is 0 Å². The van der Waals surface area contributed by atoms with Gasteiger partial charge in [0.25, 0.3) is 5.91 Å². The normalized spacial score (nSPS) is 16.5. The fraction of sp³-hybridized carbons (Fsp3) is 0.417. The molecule has 0 atom stereocenters. The molecule has 1 amide bonds. The zero-order valence-corrected chi connectivity index (χ0v) is 19.6. The number of hydrogen-bond acceptors (Lipinski definition) is 9. The molecule has 10 nitrogen and oxygen atoms in total. The van der Waals surface area contributed by atoms with Crippen LogP contribution in [0, 0.1) is 0 Å². The molecular weight excluding hydrogens is 446 g/mol. The monoisotopic (exact) mass is 473 g/mol. The van der Waals surface area contributed by atoms with Crippen LogP contribution in [-0.4, -0.2) is 82.6 Å². The maximum Gasteiger partial charge on any atom is 0.343 e. The van der Waals surface area contributed by atoms with Crippen LogP contribution in [0.25, 0.3) is 0 Å². The Kier molecular flexibility index (Phi) is 8.06. The van der Waals surface area contributed by atoms with E-state index in [0.29, 0.717) is 31.9 Å². The van der Waals surface area contributed by atoms with Gasteiger partial charge < -0.3 is 28.6 Å². The van der Waals surface area contributed by atoms with Gasteiger partial charge in [0, 0.05) is 30.7 Å². The molecule has 0 radical (unpaired) electrons. The molecule has 0 spiro atoms.